The maximum absolute atomic E-state index is 12.7. The Morgan fingerprint density at radius 3 is 2.30 bits per heavy atom. The van der Waals surface area contributed by atoms with Crippen LogP contribution in [-0.2, 0) is 20.5 Å². The zero-order chi connectivity index (χ0) is 20.0. The Bertz CT molecular complexity index is 830. The Kier molecular flexibility index (Phi) is 6.39. The van der Waals surface area contributed by atoms with Crippen molar-refractivity contribution in [3.8, 4) is 0 Å². The maximum Gasteiger partial charge on any atom is 0.416 e. The van der Waals surface area contributed by atoms with Gasteiger partial charge in [-0.05, 0) is 23.8 Å². The summed E-state index contributed by atoms with van der Waals surface area (Å²) in [6.07, 6.45) is -3.41. The minimum Gasteiger partial charge on any atom is -0.444 e. The van der Waals surface area contributed by atoms with Crippen LogP contribution in [0.5, 0.6) is 0 Å². The van der Waals surface area contributed by atoms with Crippen molar-refractivity contribution in [3.63, 3.8) is 0 Å². The Labute approximate surface area is 154 Å². The average Bonchev–Trinajstić information content (AvgIpc) is 2.64. The monoisotopic (exact) mass is 377 g/mol. The van der Waals surface area contributed by atoms with Gasteiger partial charge in [0.1, 0.15) is 0 Å². The molecule has 2 aromatic rings. The number of ether oxygens (including phenoxy) is 1. The highest BCUT2D eigenvalue weighted by Crippen LogP contribution is 2.29. The molecule has 0 aliphatic carbocycles. The molecule has 0 unspecified atom stereocenters. The summed E-state index contributed by atoms with van der Waals surface area (Å²) >= 11 is 0. The highest BCUT2D eigenvalue weighted by Gasteiger charge is 2.30. The summed E-state index contributed by atoms with van der Waals surface area (Å²) in [5.41, 5.74) is -0.128. The molecule has 7 heteroatoms. The molecule has 0 aliphatic heterocycles. The second-order valence-corrected chi connectivity index (χ2v) is 5.92. The van der Waals surface area contributed by atoms with E-state index < -0.39 is 29.7 Å². The third kappa shape index (κ3) is 5.70. The first-order valence-corrected chi connectivity index (χ1v) is 8.00. The van der Waals surface area contributed by atoms with Gasteiger partial charge in [0, 0.05) is 25.7 Å². The Morgan fingerprint density at radius 2 is 1.70 bits per heavy atom. The molecule has 142 valence electrons. The van der Waals surface area contributed by atoms with E-state index in [-0.39, 0.29) is 5.56 Å². The van der Waals surface area contributed by atoms with Crippen molar-refractivity contribution in [2.45, 2.75) is 12.3 Å². The highest BCUT2D eigenvalue weighted by atomic mass is 19.4. The predicted octanol–water partition coefficient (Wildman–Crippen LogP) is 4.09. The van der Waals surface area contributed by atoms with E-state index in [1.807, 2.05) is 0 Å². The van der Waals surface area contributed by atoms with Crippen LogP contribution in [0, 0.1) is 0 Å². The molecule has 1 atom stereocenters. The van der Waals surface area contributed by atoms with Crippen LogP contribution in [0.1, 0.15) is 22.8 Å². The molecule has 0 bridgehead atoms. The van der Waals surface area contributed by atoms with E-state index in [4.69, 9.17) is 4.74 Å². The van der Waals surface area contributed by atoms with Gasteiger partial charge in [0.05, 0.1) is 5.56 Å². The van der Waals surface area contributed by atoms with E-state index in [0.717, 1.165) is 18.2 Å². The van der Waals surface area contributed by atoms with Crippen molar-refractivity contribution in [2.75, 3.05) is 14.1 Å². The lowest BCUT2D eigenvalue weighted by Crippen LogP contribution is -2.30. The van der Waals surface area contributed by atoms with Gasteiger partial charge in [-0.1, -0.05) is 42.5 Å². The molecule has 0 saturated carbocycles. The lowest BCUT2D eigenvalue weighted by molar-refractivity contribution is -0.155. The predicted molar refractivity (Wildman–Crippen MR) is 94.4 cm³/mol. The van der Waals surface area contributed by atoms with Crippen molar-refractivity contribution in [1.29, 1.82) is 0 Å². The van der Waals surface area contributed by atoms with E-state index in [2.05, 4.69) is 0 Å². The van der Waals surface area contributed by atoms with Crippen LogP contribution in [-0.4, -0.2) is 30.9 Å². The summed E-state index contributed by atoms with van der Waals surface area (Å²) in [6, 6.07) is 13.0. The van der Waals surface area contributed by atoms with Crippen LogP contribution in [0.25, 0.3) is 6.08 Å². The molecule has 0 radical (unpaired) electrons. The van der Waals surface area contributed by atoms with Crippen LogP contribution in [0.2, 0.25) is 0 Å². The Hall–Kier alpha value is -3.09. The third-order valence-electron chi connectivity index (χ3n) is 3.63. The zero-order valence-corrected chi connectivity index (χ0v) is 14.7. The van der Waals surface area contributed by atoms with Gasteiger partial charge in [-0.15, -0.1) is 0 Å². The van der Waals surface area contributed by atoms with Gasteiger partial charge in [-0.2, -0.15) is 13.2 Å². The van der Waals surface area contributed by atoms with Crippen LogP contribution in [0.4, 0.5) is 13.2 Å². The number of nitrogens with zero attached hydrogens (tertiary/aromatic N) is 1. The first-order valence-electron chi connectivity index (χ1n) is 8.00. The number of alkyl halides is 3. The normalized spacial score (nSPS) is 12.6. The second-order valence-electron chi connectivity index (χ2n) is 5.92. The molecule has 2 aromatic carbocycles. The number of benzene rings is 2. The van der Waals surface area contributed by atoms with E-state index in [1.165, 1.54) is 37.2 Å². The first kappa shape index (κ1) is 20.2. The van der Waals surface area contributed by atoms with Crippen LogP contribution >= 0.6 is 0 Å². The molecule has 0 aromatic heterocycles. The highest BCUT2D eigenvalue weighted by molar-refractivity contribution is 5.90. The standard InChI is InChI=1S/C20H18F3NO3/c1-24(2)19(26)18(15-8-4-3-5-9-15)27-17(25)12-11-14-7-6-10-16(13-14)20(21,22)23/h3-13,18H,1-2H3/b12-11+/t18-/m1/s1. The number of esters is 1. The average molecular weight is 377 g/mol. The Morgan fingerprint density at radius 1 is 1.04 bits per heavy atom. The quantitative estimate of drug-likeness (QED) is 0.582. The van der Waals surface area contributed by atoms with Gasteiger partial charge in [0.15, 0.2) is 0 Å². The topological polar surface area (TPSA) is 46.6 Å². The summed E-state index contributed by atoms with van der Waals surface area (Å²) in [7, 11) is 3.06. The number of likely N-dealkylation sites (N-methyl/N-ethyl adjacent to an activating group) is 1. The van der Waals surface area contributed by atoms with Gasteiger partial charge >= 0.3 is 12.1 Å². The lowest BCUT2D eigenvalue weighted by Gasteiger charge is -2.20. The SMILES string of the molecule is CN(C)C(=O)[C@H](OC(=O)/C=C/c1cccc(C(F)(F)F)c1)c1ccccc1. The number of hydrogen-bond acceptors (Lipinski definition) is 3. The third-order valence-corrected chi connectivity index (χ3v) is 3.63. The minimum atomic E-state index is -4.47. The number of halogens is 3. The molecule has 2 rings (SSSR count). The molecule has 0 aliphatic rings. The van der Waals surface area contributed by atoms with Crippen LogP contribution in [0.3, 0.4) is 0 Å². The number of carbonyl (C=O) groups excluding carboxylic acids is 2. The van der Waals surface area contributed by atoms with Gasteiger partial charge in [-0.25, -0.2) is 4.79 Å². The fraction of sp³-hybridized carbons (Fsp3) is 0.200. The summed E-state index contributed by atoms with van der Waals surface area (Å²) in [6.45, 7) is 0. The summed E-state index contributed by atoms with van der Waals surface area (Å²) < 4.78 is 43.4. The Balaban J connectivity index is 2.16. The largest absolute Gasteiger partial charge is 0.444 e. The molecule has 27 heavy (non-hydrogen) atoms. The van der Waals surface area contributed by atoms with Crippen molar-refractivity contribution in [2.24, 2.45) is 0 Å². The fourth-order valence-electron chi connectivity index (χ4n) is 2.26. The van der Waals surface area contributed by atoms with Crippen molar-refractivity contribution in [3.05, 3.63) is 77.4 Å². The van der Waals surface area contributed by atoms with Crippen LogP contribution < -0.4 is 0 Å². The van der Waals surface area contributed by atoms with E-state index in [1.54, 1.807) is 30.3 Å². The van der Waals surface area contributed by atoms with E-state index >= 15 is 0 Å². The van der Waals surface area contributed by atoms with Crippen molar-refractivity contribution in [1.82, 2.24) is 4.90 Å². The molecular formula is C20H18F3NO3. The second kappa shape index (κ2) is 8.53. The molecular weight excluding hydrogens is 359 g/mol. The maximum atomic E-state index is 12.7. The summed E-state index contributed by atoms with van der Waals surface area (Å²) in [5, 5.41) is 0. The molecule has 1 amide bonds. The fourth-order valence-corrected chi connectivity index (χ4v) is 2.26. The van der Waals surface area contributed by atoms with Crippen molar-refractivity contribution >= 4 is 18.0 Å². The molecule has 0 heterocycles. The summed E-state index contributed by atoms with van der Waals surface area (Å²) in [4.78, 5) is 25.7. The van der Waals surface area contributed by atoms with E-state index in [0.29, 0.717) is 5.56 Å². The minimum absolute atomic E-state index is 0.192. The molecule has 0 N–H and O–H groups in total. The first-order chi connectivity index (χ1) is 12.7. The molecule has 0 fully saturated rings. The summed E-state index contributed by atoms with van der Waals surface area (Å²) in [5.74, 6) is -1.27. The number of rotatable bonds is 5. The number of hydrogen-bond donors (Lipinski definition) is 0. The van der Waals surface area contributed by atoms with Gasteiger partial charge in [0.2, 0.25) is 6.10 Å². The zero-order valence-electron chi connectivity index (χ0n) is 14.7. The number of amides is 1. The lowest BCUT2D eigenvalue weighted by atomic mass is 10.1. The van der Waals surface area contributed by atoms with Gasteiger partial charge in [-0.3, -0.25) is 4.79 Å². The van der Waals surface area contributed by atoms with Gasteiger partial charge in [0.25, 0.3) is 5.91 Å². The van der Waals surface area contributed by atoms with Crippen molar-refractivity contribution < 1.29 is 27.5 Å². The molecule has 0 spiro atoms. The number of carbonyl (C=O) groups is 2. The molecule has 4 nitrogen and oxygen atoms in total. The molecule has 0 saturated heterocycles. The van der Waals surface area contributed by atoms with Crippen LogP contribution in [0.15, 0.2) is 60.7 Å². The smallest absolute Gasteiger partial charge is 0.416 e. The van der Waals surface area contributed by atoms with Gasteiger partial charge < -0.3 is 9.64 Å². The van der Waals surface area contributed by atoms with E-state index in [9.17, 15) is 22.8 Å².